The van der Waals surface area contributed by atoms with E-state index in [1.807, 2.05) is 26.2 Å². The van der Waals surface area contributed by atoms with Crippen molar-refractivity contribution in [1.82, 2.24) is 24.9 Å². The van der Waals surface area contributed by atoms with Crippen LogP contribution in [0, 0.1) is 5.82 Å². The number of allylic oxidation sites excluding steroid dienone is 1. The number of benzene rings is 1. The van der Waals surface area contributed by atoms with E-state index in [9.17, 15) is 9.18 Å². The number of fused-ring (bicyclic) bond motifs is 1. The highest BCUT2D eigenvalue weighted by molar-refractivity contribution is 5.89. The maximum absolute atomic E-state index is 13.4. The lowest BCUT2D eigenvalue weighted by atomic mass is 10.1. The summed E-state index contributed by atoms with van der Waals surface area (Å²) in [7, 11) is 3.72. The Morgan fingerprint density at radius 1 is 1.37 bits per heavy atom. The number of aromatic nitrogens is 4. The molecule has 0 bridgehead atoms. The van der Waals surface area contributed by atoms with Crippen molar-refractivity contribution >= 4 is 29.5 Å². The number of nitrogens with one attached hydrogen (secondary N) is 2. The Bertz CT molecular complexity index is 1170. The Labute approximate surface area is 173 Å². The van der Waals surface area contributed by atoms with E-state index in [0.717, 1.165) is 16.7 Å². The van der Waals surface area contributed by atoms with Gasteiger partial charge in [0.1, 0.15) is 5.82 Å². The fourth-order valence-electron chi connectivity index (χ4n) is 3.21. The summed E-state index contributed by atoms with van der Waals surface area (Å²) in [5.41, 5.74) is 3.67. The molecule has 30 heavy (non-hydrogen) atoms. The predicted molar refractivity (Wildman–Crippen MR) is 114 cm³/mol. The number of hydrogen-bond acceptors (Lipinski definition) is 6. The number of carbonyl (C=O) groups excluding carboxylic acids is 1. The monoisotopic (exact) mass is 407 g/mol. The van der Waals surface area contributed by atoms with E-state index in [2.05, 4.69) is 32.3 Å². The number of nitrogens with zero attached hydrogens (tertiary/aromatic N) is 5. The molecule has 0 aliphatic carbocycles. The number of rotatable bonds is 6. The van der Waals surface area contributed by atoms with Gasteiger partial charge in [0.15, 0.2) is 5.65 Å². The highest BCUT2D eigenvalue weighted by Crippen LogP contribution is 2.24. The van der Waals surface area contributed by atoms with Crippen molar-refractivity contribution in [2.75, 3.05) is 30.9 Å². The Morgan fingerprint density at radius 2 is 2.20 bits per heavy atom. The third kappa shape index (κ3) is 4.00. The summed E-state index contributed by atoms with van der Waals surface area (Å²) in [5.74, 6) is 0.726. The molecule has 8 nitrogen and oxygen atoms in total. The average molecular weight is 407 g/mol. The molecule has 1 aromatic carbocycles. The maximum Gasteiger partial charge on any atom is 0.230 e. The molecular formula is C21H22FN7O. The van der Waals surface area contributed by atoms with Gasteiger partial charge in [-0.2, -0.15) is 19.6 Å². The molecule has 1 fully saturated rings. The van der Waals surface area contributed by atoms with Crippen LogP contribution in [0.4, 0.5) is 16.3 Å². The van der Waals surface area contributed by atoms with Gasteiger partial charge in [0, 0.05) is 31.9 Å². The van der Waals surface area contributed by atoms with E-state index in [0.29, 0.717) is 36.2 Å². The third-order valence-electron chi connectivity index (χ3n) is 4.73. The molecule has 0 saturated carbocycles. The Morgan fingerprint density at radius 3 is 2.90 bits per heavy atom. The van der Waals surface area contributed by atoms with Crippen LogP contribution in [0.5, 0.6) is 0 Å². The summed E-state index contributed by atoms with van der Waals surface area (Å²) >= 11 is 0. The smallest absolute Gasteiger partial charge is 0.230 e. The summed E-state index contributed by atoms with van der Waals surface area (Å²) in [4.78, 5) is 22.6. The van der Waals surface area contributed by atoms with Crippen molar-refractivity contribution in [1.29, 1.82) is 0 Å². The van der Waals surface area contributed by atoms with Crippen LogP contribution < -0.4 is 15.5 Å². The number of amides is 1. The van der Waals surface area contributed by atoms with Gasteiger partial charge in [-0.1, -0.05) is 18.7 Å². The topological polar surface area (TPSA) is 87.5 Å². The van der Waals surface area contributed by atoms with Crippen LogP contribution in [0.2, 0.25) is 0 Å². The molecule has 3 heterocycles. The highest BCUT2D eigenvalue weighted by atomic mass is 19.1. The fourth-order valence-corrected chi connectivity index (χ4v) is 3.21. The predicted octanol–water partition coefficient (Wildman–Crippen LogP) is 2.40. The van der Waals surface area contributed by atoms with E-state index < -0.39 is 0 Å². The first-order valence-corrected chi connectivity index (χ1v) is 9.52. The van der Waals surface area contributed by atoms with Gasteiger partial charge < -0.3 is 15.5 Å². The number of hydrogen-bond donors (Lipinski definition) is 2. The van der Waals surface area contributed by atoms with Gasteiger partial charge in [-0.3, -0.25) is 4.79 Å². The van der Waals surface area contributed by atoms with Crippen molar-refractivity contribution in [3.63, 3.8) is 0 Å². The van der Waals surface area contributed by atoms with E-state index in [1.54, 1.807) is 21.7 Å². The minimum absolute atomic E-state index is 0.0777. The Hall–Kier alpha value is -3.75. The average Bonchev–Trinajstić information content (AvgIpc) is 3.24. The van der Waals surface area contributed by atoms with Gasteiger partial charge >= 0.3 is 0 Å². The standard InChI is InChI=1S/C21H22FN7O/c1-13-15(11-18(30)25-13)10-16-12-24-29-19(16)26-21(28(2)3)27-20(29)23-8-7-14-5-4-6-17(22)9-14/h4-6,9-10,12H,1,7-8,11H2,2-3H3,(H,25,30)(H,23,26,27)/b15-10+. The molecule has 1 amide bonds. The van der Waals surface area contributed by atoms with Crippen LogP contribution in [0.15, 0.2) is 48.3 Å². The fraction of sp³-hybridized carbons (Fsp3) is 0.238. The van der Waals surface area contributed by atoms with E-state index in [1.165, 1.54) is 12.1 Å². The van der Waals surface area contributed by atoms with E-state index in [4.69, 9.17) is 0 Å². The molecule has 3 aromatic rings. The summed E-state index contributed by atoms with van der Waals surface area (Å²) < 4.78 is 15.0. The molecule has 4 rings (SSSR count). The normalized spacial score (nSPS) is 15.1. The van der Waals surface area contributed by atoms with Crippen molar-refractivity contribution in [3.05, 3.63) is 65.3 Å². The second kappa shape index (κ2) is 7.94. The second-order valence-corrected chi connectivity index (χ2v) is 7.26. The molecule has 0 spiro atoms. The van der Waals surface area contributed by atoms with Crippen molar-refractivity contribution < 1.29 is 9.18 Å². The van der Waals surface area contributed by atoms with Gasteiger partial charge in [0.25, 0.3) is 0 Å². The molecule has 1 aliphatic heterocycles. The van der Waals surface area contributed by atoms with E-state index in [-0.39, 0.29) is 18.1 Å². The first-order valence-electron chi connectivity index (χ1n) is 9.52. The van der Waals surface area contributed by atoms with Gasteiger partial charge in [0.05, 0.1) is 12.6 Å². The lowest BCUT2D eigenvalue weighted by Gasteiger charge is -2.14. The van der Waals surface area contributed by atoms with Gasteiger partial charge in [0.2, 0.25) is 17.8 Å². The first-order chi connectivity index (χ1) is 14.4. The molecule has 1 saturated heterocycles. The van der Waals surface area contributed by atoms with Crippen molar-refractivity contribution in [3.8, 4) is 0 Å². The Balaban J connectivity index is 1.64. The van der Waals surface area contributed by atoms with Crippen LogP contribution in [-0.4, -0.2) is 46.1 Å². The van der Waals surface area contributed by atoms with Crippen LogP contribution >= 0.6 is 0 Å². The maximum atomic E-state index is 13.4. The number of anilines is 2. The van der Waals surface area contributed by atoms with Gasteiger partial charge in [-0.15, -0.1) is 0 Å². The molecule has 2 aromatic heterocycles. The SMILES string of the molecule is C=C1NC(=O)C/C1=C\c1cnn2c(NCCc3cccc(F)c3)nc(N(C)C)nc12. The molecule has 0 radical (unpaired) electrons. The zero-order valence-electron chi connectivity index (χ0n) is 16.8. The third-order valence-corrected chi connectivity index (χ3v) is 4.73. The largest absolute Gasteiger partial charge is 0.354 e. The summed E-state index contributed by atoms with van der Waals surface area (Å²) in [6, 6.07) is 6.52. The summed E-state index contributed by atoms with van der Waals surface area (Å²) in [5, 5.41) is 10.4. The minimum atomic E-state index is -0.252. The highest BCUT2D eigenvalue weighted by Gasteiger charge is 2.20. The molecular weight excluding hydrogens is 385 g/mol. The quantitative estimate of drug-likeness (QED) is 0.653. The van der Waals surface area contributed by atoms with Gasteiger partial charge in [-0.25, -0.2) is 4.39 Å². The molecule has 1 aliphatic rings. The van der Waals surface area contributed by atoms with Crippen molar-refractivity contribution in [2.45, 2.75) is 12.8 Å². The second-order valence-electron chi connectivity index (χ2n) is 7.26. The van der Waals surface area contributed by atoms with Gasteiger partial charge in [-0.05, 0) is 35.8 Å². The number of carbonyl (C=O) groups is 1. The molecule has 0 atom stereocenters. The minimum Gasteiger partial charge on any atom is -0.354 e. The number of halogens is 1. The zero-order valence-corrected chi connectivity index (χ0v) is 16.8. The Kier molecular flexibility index (Phi) is 5.18. The summed E-state index contributed by atoms with van der Waals surface area (Å²) in [6.45, 7) is 4.43. The van der Waals surface area contributed by atoms with Crippen LogP contribution in [0.3, 0.4) is 0 Å². The summed E-state index contributed by atoms with van der Waals surface area (Å²) in [6.07, 6.45) is 4.46. The lowest BCUT2D eigenvalue weighted by molar-refractivity contribution is -0.118. The van der Waals surface area contributed by atoms with Crippen molar-refractivity contribution in [2.24, 2.45) is 0 Å². The molecule has 154 valence electrons. The van der Waals surface area contributed by atoms with Crippen LogP contribution in [0.1, 0.15) is 17.5 Å². The van der Waals surface area contributed by atoms with Crippen LogP contribution in [0.25, 0.3) is 11.7 Å². The molecule has 0 unspecified atom stereocenters. The van der Waals surface area contributed by atoms with Crippen LogP contribution in [-0.2, 0) is 11.2 Å². The first kappa shape index (κ1) is 19.6. The molecule has 9 heteroatoms. The molecule has 2 N–H and O–H groups in total. The lowest BCUT2D eigenvalue weighted by Crippen LogP contribution is -2.18. The zero-order chi connectivity index (χ0) is 21.3. The van der Waals surface area contributed by atoms with E-state index >= 15 is 0 Å².